The van der Waals surface area contributed by atoms with E-state index in [4.69, 9.17) is 11.6 Å². The van der Waals surface area contributed by atoms with Gasteiger partial charge in [0.25, 0.3) is 5.91 Å². The SMILES string of the molecule is O=C(c1cc(F)cnc1Cl)N(CC(F)(F)F)C1CC1. The molecule has 2 rings (SSSR count). The maximum absolute atomic E-state index is 13.0. The Bertz CT molecular complexity index is 502. The van der Waals surface area contributed by atoms with Crippen molar-refractivity contribution in [3.8, 4) is 0 Å². The Labute approximate surface area is 111 Å². The van der Waals surface area contributed by atoms with Crippen LogP contribution in [0.5, 0.6) is 0 Å². The number of pyridine rings is 1. The molecule has 1 aliphatic rings. The van der Waals surface area contributed by atoms with Gasteiger partial charge in [-0.15, -0.1) is 0 Å². The van der Waals surface area contributed by atoms with Crippen LogP contribution < -0.4 is 0 Å². The summed E-state index contributed by atoms with van der Waals surface area (Å²) in [5.41, 5.74) is -0.349. The number of carbonyl (C=O) groups is 1. The number of hydrogen-bond donors (Lipinski definition) is 0. The summed E-state index contributed by atoms with van der Waals surface area (Å²) in [6, 6.07) is 0.331. The molecule has 1 amide bonds. The largest absolute Gasteiger partial charge is 0.406 e. The highest BCUT2D eigenvalue weighted by Crippen LogP contribution is 2.32. The van der Waals surface area contributed by atoms with Crippen LogP contribution in [0.25, 0.3) is 0 Å². The Kier molecular flexibility index (Phi) is 3.66. The van der Waals surface area contributed by atoms with Crippen LogP contribution >= 0.6 is 11.6 Å². The van der Waals surface area contributed by atoms with E-state index in [0.717, 1.165) is 12.3 Å². The minimum absolute atomic E-state index is 0.306. The van der Waals surface area contributed by atoms with Crippen molar-refractivity contribution in [1.29, 1.82) is 0 Å². The summed E-state index contributed by atoms with van der Waals surface area (Å²) in [4.78, 5) is 16.1. The molecular formula is C11H9ClF4N2O. The van der Waals surface area contributed by atoms with Crippen LogP contribution in [-0.2, 0) is 0 Å². The van der Waals surface area contributed by atoms with Crippen LogP contribution in [0.3, 0.4) is 0 Å². The molecule has 1 heterocycles. The summed E-state index contributed by atoms with van der Waals surface area (Å²) in [6.45, 7) is -1.37. The summed E-state index contributed by atoms with van der Waals surface area (Å²) < 4.78 is 50.3. The molecule has 0 aromatic carbocycles. The molecule has 19 heavy (non-hydrogen) atoms. The van der Waals surface area contributed by atoms with Gasteiger partial charge < -0.3 is 4.90 Å². The second-order valence-corrected chi connectivity index (χ2v) is 4.63. The van der Waals surface area contributed by atoms with E-state index < -0.39 is 30.5 Å². The number of aromatic nitrogens is 1. The molecule has 0 radical (unpaired) electrons. The number of carbonyl (C=O) groups excluding carboxylic acids is 1. The highest BCUT2D eigenvalue weighted by Gasteiger charge is 2.41. The maximum Gasteiger partial charge on any atom is 0.406 e. The van der Waals surface area contributed by atoms with Gasteiger partial charge in [0.1, 0.15) is 17.5 Å². The number of halogens is 5. The van der Waals surface area contributed by atoms with Crippen LogP contribution in [0, 0.1) is 5.82 Å². The lowest BCUT2D eigenvalue weighted by molar-refractivity contribution is -0.141. The molecule has 3 nitrogen and oxygen atoms in total. The molecule has 0 bridgehead atoms. The smallest absolute Gasteiger partial charge is 0.326 e. The minimum atomic E-state index is -4.51. The van der Waals surface area contributed by atoms with E-state index in [1.807, 2.05) is 0 Å². The summed E-state index contributed by atoms with van der Waals surface area (Å²) >= 11 is 5.62. The minimum Gasteiger partial charge on any atom is -0.326 e. The summed E-state index contributed by atoms with van der Waals surface area (Å²) in [5.74, 6) is -1.77. The van der Waals surface area contributed by atoms with Crippen molar-refractivity contribution in [3.63, 3.8) is 0 Å². The fourth-order valence-electron chi connectivity index (χ4n) is 1.67. The van der Waals surface area contributed by atoms with Crippen LogP contribution in [0.15, 0.2) is 12.3 Å². The quantitative estimate of drug-likeness (QED) is 0.634. The van der Waals surface area contributed by atoms with E-state index in [1.54, 1.807) is 0 Å². The standard InChI is InChI=1S/C11H9ClF4N2O/c12-9-8(3-6(13)4-17-9)10(19)18(7-1-2-7)5-11(14,15)16/h3-4,7H,1-2,5H2. The van der Waals surface area contributed by atoms with Crippen LogP contribution in [0.4, 0.5) is 17.6 Å². The van der Waals surface area contributed by atoms with Gasteiger partial charge in [-0.25, -0.2) is 9.37 Å². The normalized spacial score (nSPS) is 15.4. The zero-order chi connectivity index (χ0) is 14.2. The first kappa shape index (κ1) is 14.0. The van der Waals surface area contributed by atoms with Gasteiger partial charge in [-0.1, -0.05) is 11.6 Å². The first-order chi connectivity index (χ1) is 8.78. The van der Waals surface area contributed by atoms with E-state index in [1.165, 1.54) is 0 Å². The van der Waals surface area contributed by atoms with E-state index in [9.17, 15) is 22.4 Å². The van der Waals surface area contributed by atoms with Crippen molar-refractivity contribution in [2.24, 2.45) is 0 Å². The molecule has 1 fully saturated rings. The number of alkyl halides is 3. The van der Waals surface area contributed by atoms with E-state index in [2.05, 4.69) is 4.98 Å². The number of hydrogen-bond acceptors (Lipinski definition) is 2. The van der Waals surface area contributed by atoms with Crippen molar-refractivity contribution in [1.82, 2.24) is 9.88 Å². The van der Waals surface area contributed by atoms with Crippen molar-refractivity contribution in [2.75, 3.05) is 6.54 Å². The zero-order valence-electron chi connectivity index (χ0n) is 9.55. The third-order valence-corrected chi connectivity index (χ3v) is 2.94. The third-order valence-electron chi connectivity index (χ3n) is 2.63. The first-order valence-corrected chi connectivity index (χ1v) is 5.84. The topological polar surface area (TPSA) is 33.2 Å². The van der Waals surface area contributed by atoms with Crippen molar-refractivity contribution >= 4 is 17.5 Å². The second kappa shape index (κ2) is 4.96. The van der Waals surface area contributed by atoms with E-state index in [0.29, 0.717) is 17.7 Å². The highest BCUT2D eigenvalue weighted by molar-refractivity contribution is 6.32. The number of nitrogens with zero attached hydrogens (tertiary/aromatic N) is 2. The lowest BCUT2D eigenvalue weighted by atomic mass is 10.2. The molecule has 1 aromatic rings. The maximum atomic E-state index is 13.0. The monoisotopic (exact) mass is 296 g/mol. The molecule has 1 aliphatic carbocycles. The Morgan fingerprint density at radius 2 is 2.11 bits per heavy atom. The molecule has 0 N–H and O–H groups in total. The summed E-state index contributed by atoms with van der Waals surface area (Å²) in [5, 5.41) is -0.306. The fraction of sp³-hybridized carbons (Fsp3) is 0.455. The predicted molar refractivity (Wildman–Crippen MR) is 59.3 cm³/mol. The second-order valence-electron chi connectivity index (χ2n) is 4.27. The molecule has 0 aliphatic heterocycles. The molecule has 8 heteroatoms. The molecule has 0 spiro atoms. The fourth-order valence-corrected chi connectivity index (χ4v) is 1.86. The van der Waals surface area contributed by atoms with Gasteiger partial charge in [0, 0.05) is 6.04 Å². The van der Waals surface area contributed by atoms with E-state index >= 15 is 0 Å². The van der Waals surface area contributed by atoms with Gasteiger partial charge in [-0.2, -0.15) is 13.2 Å². The average molecular weight is 297 g/mol. The Morgan fingerprint density at radius 1 is 1.47 bits per heavy atom. The molecule has 0 atom stereocenters. The van der Waals surface area contributed by atoms with Gasteiger partial charge in [-0.3, -0.25) is 4.79 Å². The third kappa shape index (κ3) is 3.56. The number of amides is 1. The van der Waals surface area contributed by atoms with Crippen LogP contribution in [0.1, 0.15) is 23.2 Å². The van der Waals surface area contributed by atoms with Crippen molar-refractivity contribution in [3.05, 3.63) is 28.8 Å². The Balaban J connectivity index is 2.26. The molecular weight excluding hydrogens is 288 g/mol. The van der Waals surface area contributed by atoms with Gasteiger partial charge in [0.2, 0.25) is 0 Å². The van der Waals surface area contributed by atoms with Crippen molar-refractivity contribution < 1.29 is 22.4 Å². The average Bonchev–Trinajstić information content (AvgIpc) is 3.11. The number of rotatable bonds is 3. The molecule has 1 aromatic heterocycles. The predicted octanol–water partition coefficient (Wildman–Crippen LogP) is 3.04. The van der Waals surface area contributed by atoms with Gasteiger partial charge in [0.05, 0.1) is 11.8 Å². The molecule has 104 valence electrons. The zero-order valence-corrected chi connectivity index (χ0v) is 10.3. The van der Waals surface area contributed by atoms with Gasteiger partial charge in [0.15, 0.2) is 0 Å². The van der Waals surface area contributed by atoms with E-state index in [-0.39, 0.29) is 10.7 Å². The Hall–Kier alpha value is -1.37. The summed E-state index contributed by atoms with van der Waals surface area (Å²) in [6.07, 6.45) is -2.71. The van der Waals surface area contributed by atoms with Gasteiger partial charge >= 0.3 is 6.18 Å². The molecule has 0 saturated heterocycles. The lowest BCUT2D eigenvalue weighted by Crippen LogP contribution is -2.40. The van der Waals surface area contributed by atoms with Crippen LogP contribution in [0.2, 0.25) is 5.15 Å². The highest BCUT2D eigenvalue weighted by atomic mass is 35.5. The molecule has 1 saturated carbocycles. The summed E-state index contributed by atoms with van der Waals surface area (Å²) in [7, 11) is 0. The van der Waals surface area contributed by atoms with Crippen molar-refractivity contribution in [2.45, 2.75) is 25.1 Å². The molecule has 0 unspecified atom stereocenters. The van der Waals surface area contributed by atoms with Crippen LogP contribution in [-0.4, -0.2) is 34.6 Å². The van der Waals surface area contributed by atoms with Gasteiger partial charge in [-0.05, 0) is 18.9 Å². The lowest BCUT2D eigenvalue weighted by Gasteiger charge is -2.24. The Morgan fingerprint density at radius 3 is 2.63 bits per heavy atom. The first-order valence-electron chi connectivity index (χ1n) is 5.46.